The summed E-state index contributed by atoms with van der Waals surface area (Å²) < 4.78 is 25.7. The van der Waals surface area contributed by atoms with Crippen molar-refractivity contribution >= 4 is 20.0 Å². The van der Waals surface area contributed by atoms with Crippen molar-refractivity contribution in [1.29, 1.82) is 0 Å². The summed E-state index contributed by atoms with van der Waals surface area (Å²) in [5.74, 6) is 0.561. The molecule has 29 heavy (non-hydrogen) atoms. The predicted octanol–water partition coefficient (Wildman–Crippen LogP) is -4.93. The van der Waals surface area contributed by atoms with Crippen LogP contribution in [0.1, 0.15) is 22.3 Å². The van der Waals surface area contributed by atoms with Gasteiger partial charge in [-0.05, 0) is 35.4 Å². The summed E-state index contributed by atoms with van der Waals surface area (Å²) in [5, 5.41) is 18.9. The predicted molar refractivity (Wildman–Crippen MR) is 95.0 cm³/mol. The zero-order valence-electron chi connectivity index (χ0n) is 16.7. The Bertz CT molecular complexity index is 857. The first kappa shape index (κ1) is 28.6. The van der Waals surface area contributed by atoms with Crippen LogP contribution in [-0.4, -0.2) is 24.4 Å². The molecule has 0 unspecified atom stereocenters. The molecule has 8 nitrogen and oxygen atoms in total. The Labute approximate surface area is 213 Å². The minimum Gasteiger partial charge on any atom is -0.780 e. The number of phosphoric acid groups is 1. The Kier molecular flexibility index (Phi) is 13.0. The molecule has 0 aliphatic heterocycles. The number of methoxy groups -OCH3 is 2. The molecule has 0 saturated heterocycles. The fraction of sp³-hybridized carbons (Fsp3) is 0.222. The van der Waals surface area contributed by atoms with Gasteiger partial charge in [-0.25, -0.2) is 0 Å². The van der Waals surface area contributed by atoms with Gasteiger partial charge in [0, 0.05) is 17.2 Å². The van der Waals surface area contributed by atoms with Gasteiger partial charge in [-0.3, -0.25) is 0 Å². The van der Waals surface area contributed by atoms with Gasteiger partial charge in [0.2, 0.25) is 0 Å². The van der Waals surface area contributed by atoms with E-state index in [0.717, 1.165) is 0 Å². The topological polar surface area (TPSA) is 131 Å². The van der Waals surface area contributed by atoms with E-state index >= 15 is 0 Å². The van der Waals surface area contributed by atoms with Crippen molar-refractivity contribution in [2.24, 2.45) is 0 Å². The van der Waals surface area contributed by atoms with Crippen LogP contribution in [0.25, 0.3) is 12.2 Å². The van der Waals surface area contributed by atoms with E-state index in [-0.39, 0.29) is 78.1 Å². The Hall–Kier alpha value is -0.350. The molecule has 146 valence electrons. The van der Waals surface area contributed by atoms with Gasteiger partial charge in [0.1, 0.15) is 25.1 Å². The first-order valence-corrected chi connectivity index (χ1v) is 9.26. The average molecular weight is 440 g/mol. The van der Waals surface area contributed by atoms with E-state index in [0.29, 0.717) is 33.8 Å². The minimum atomic E-state index is -5.25. The molecule has 0 radical (unpaired) electrons. The number of benzene rings is 2. The SMILES string of the molecule is COc1ccc(/C=C\c2cc(CO)c(CO)c(OC)c2)c(OP(=O)([O-])[O-])c1.[Na+].[Na+]. The summed E-state index contributed by atoms with van der Waals surface area (Å²) >= 11 is 0. The van der Waals surface area contributed by atoms with Crippen LogP contribution < -0.4 is 82.9 Å². The second-order valence-corrected chi connectivity index (χ2v) is 6.53. The summed E-state index contributed by atoms with van der Waals surface area (Å²) in [6, 6.07) is 7.71. The first-order chi connectivity index (χ1) is 12.8. The van der Waals surface area contributed by atoms with E-state index in [1.54, 1.807) is 30.4 Å². The maximum atomic E-state index is 11.0. The monoisotopic (exact) mass is 440 g/mol. The van der Waals surface area contributed by atoms with Gasteiger partial charge in [-0.2, -0.15) is 0 Å². The normalized spacial score (nSPS) is 10.8. The maximum Gasteiger partial charge on any atom is 1.00 e. The standard InChI is InChI=1S/C18H21O8P.2Na/c1-24-15-6-5-13(17(9-15)26-27(21,22)23)4-3-12-7-14(10-19)16(11-20)18(8-12)25-2;;/h3-9,19-20H,10-11H2,1-2H3,(H2,21,22,23);;/q;2*+1/p-2/b4-3-;;. The zero-order chi connectivity index (χ0) is 20.0. The number of rotatable bonds is 8. The largest absolute Gasteiger partial charge is 1.00 e. The van der Waals surface area contributed by atoms with Crippen LogP contribution in [0.3, 0.4) is 0 Å². The van der Waals surface area contributed by atoms with Gasteiger partial charge in [-0.1, -0.05) is 12.2 Å². The summed E-state index contributed by atoms with van der Waals surface area (Å²) in [6.45, 7) is -0.581. The number of phosphoric ester groups is 1. The molecule has 0 aliphatic carbocycles. The fourth-order valence-electron chi connectivity index (χ4n) is 2.49. The minimum absolute atomic E-state index is 0. The summed E-state index contributed by atoms with van der Waals surface area (Å²) in [5.41, 5.74) is 1.93. The van der Waals surface area contributed by atoms with Crippen LogP contribution in [-0.2, 0) is 17.8 Å². The molecular formula is C18H19Na2O8P. The third-order valence-electron chi connectivity index (χ3n) is 3.76. The second kappa shape index (κ2) is 13.1. The molecule has 0 fully saturated rings. The first-order valence-electron chi connectivity index (χ1n) is 7.80. The summed E-state index contributed by atoms with van der Waals surface area (Å²) in [7, 11) is -2.41. The molecule has 0 aliphatic rings. The van der Waals surface area contributed by atoms with Crippen molar-refractivity contribution in [2.45, 2.75) is 13.2 Å². The van der Waals surface area contributed by atoms with E-state index in [1.807, 2.05) is 0 Å². The second-order valence-electron chi connectivity index (χ2n) is 5.45. The molecule has 0 saturated carbocycles. The van der Waals surface area contributed by atoms with Crippen LogP contribution in [0.4, 0.5) is 0 Å². The van der Waals surface area contributed by atoms with E-state index in [4.69, 9.17) is 9.47 Å². The van der Waals surface area contributed by atoms with Crippen molar-refractivity contribution in [3.8, 4) is 17.2 Å². The quantitative estimate of drug-likeness (QED) is 0.237. The Morgan fingerprint density at radius 1 is 0.966 bits per heavy atom. The van der Waals surface area contributed by atoms with Gasteiger partial charge in [-0.15, -0.1) is 0 Å². The van der Waals surface area contributed by atoms with E-state index in [1.165, 1.54) is 26.4 Å². The Morgan fingerprint density at radius 2 is 1.66 bits per heavy atom. The third-order valence-corrected chi connectivity index (χ3v) is 4.18. The van der Waals surface area contributed by atoms with Gasteiger partial charge in [0.05, 0.1) is 27.4 Å². The molecule has 2 aromatic carbocycles. The van der Waals surface area contributed by atoms with Gasteiger partial charge < -0.3 is 38.6 Å². The Morgan fingerprint density at radius 3 is 2.17 bits per heavy atom. The molecule has 0 atom stereocenters. The molecule has 2 aromatic rings. The van der Waals surface area contributed by atoms with E-state index in [9.17, 15) is 24.6 Å². The number of hydrogen-bond acceptors (Lipinski definition) is 8. The van der Waals surface area contributed by atoms with E-state index < -0.39 is 7.82 Å². The zero-order valence-corrected chi connectivity index (χ0v) is 21.6. The smallest absolute Gasteiger partial charge is 0.780 e. The van der Waals surface area contributed by atoms with Crippen molar-refractivity contribution in [2.75, 3.05) is 14.2 Å². The third kappa shape index (κ3) is 8.36. The number of aliphatic hydroxyl groups excluding tert-OH is 2. The van der Waals surface area contributed by atoms with Gasteiger partial charge >= 0.3 is 59.1 Å². The van der Waals surface area contributed by atoms with Crippen LogP contribution in [0.2, 0.25) is 0 Å². The van der Waals surface area contributed by atoms with Crippen LogP contribution in [0.5, 0.6) is 17.2 Å². The maximum absolute atomic E-state index is 11.0. The summed E-state index contributed by atoms with van der Waals surface area (Å²) in [4.78, 5) is 22.0. The average Bonchev–Trinajstić information content (AvgIpc) is 2.64. The Balaban J connectivity index is 0.00000392. The van der Waals surface area contributed by atoms with Crippen LogP contribution in [0, 0.1) is 0 Å². The molecule has 11 heteroatoms. The van der Waals surface area contributed by atoms with Crippen molar-refractivity contribution in [3.63, 3.8) is 0 Å². The van der Waals surface area contributed by atoms with Gasteiger partial charge in [0.15, 0.2) is 0 Å². The molecule has 0 aromatic heterocycles. The van der Waals surface area contributed by atoms with Crippen molar-refractivity contribution in [1.82, 2.24) is 0 Å². The number of ether oxygens (including phenoxy) is 2. The van der Waals surface area contributed by atoms with Crippen molar-refractivity contribution < 1.29 is 97.7 Å². The van der Waals surface area contributed by atoms with E-state index in [2.05, 4.69) is 4.52 Å². The van der Waals surface area contributed by atoms with Crippen molar-refractivity contribution in [3.05, 3.63) is 52.6 Å². The molecule has 0 spiro atoms. The molecule has 0 bridgehead atoms. The molecule has 0 amide bonds. The fourth-order valence-corrected chi connectivity index (χ4v) is 2.89. The molecule has 2 rings (SSSR count). The molecule has 2 N–H and O–H groups in total. The summed E-state index contributed by atoms with van der Waals surface area (Å²) in [6.07, 6.45) is 3.16. The van der Waals surface area contributed by atoms with Crippen LogP contribution in [0.15, 0.2) is 30.3 Å². The number of aliphatic hydroxyl groups is 2. The molecule has 0 heterocycles. The molecular weight excluding hydrogens is 421 g/mol. The number of hydrogen-bond donors (Lipinski definition) is 2. The van der Waals surface area contributed by atoms with Gasteiger partial charge in [0.25, 0.3) is 0 Å². The van der Waals surface area contributed by atoms with Crippen LogP contribution >= 0.6 is 7.82 Å².